The van der Waals surface area contributed by atoms with Crippen LogP contribution in [0.5, 0.6) is 5.75 Å². The van der Waals surface area contributed by atoms with Crippen molar-refractivity contribution in [3.05, 3.63) is 101 Å². The molecule has 3 atom stereocenters. The number of carbonyl (C=O) groups excluding carboxylic acids is 4. The van der Waals surface area contributed by atoms with E-state index >= 15 is 0 Å². The lowest BCUT2D eigenvalue weighted by Gasteiger charge is -2.44. The normalized spacial score (nSPS) is 15.1. The van der Waals surface area contributed by atoms with Crippen molar-refractivity contribution >= 4 is 23.9 Å². The molecule has 274 valence electrons. The highest BCUT2D eigenvalue weighted by atomic mass is 16.6. The van der Waals surface area contributed by atoms with Gasteiger partial charge in [-0.1, -0.05) is 66.2 Å². The summed E-state index contributed by atoms with van der Waals surface area (Å²) in [4.78, 5) is 58.3. The average molecular weight is 700 g/mol. The fraction of sp³-hybridized carbons (Fsp3) is 0.463. The van der Waals surface area contributed by atoms with Crippen LogP contribution in [0.3, 0.4) is 0 Å². The molecule has 0 bridgehead atoms. The van der Waals surface area contributed by atoms with Gasteiger partial charge in [0.25, 0.3) is 0 Å². The highest BCUT2D eigenvalue weighted by Gasteiger charge is 2.43. The van der Waals surface area contributed by atoms with Crippen LogP contribution in [-0.2, 0) is 36.7 Å². The van der Waals surface area contributed by atoms with Crippen molar-refractivity contribution in [2.45, 2.75) is 123 Å². The zero-order chi connectivity index (χ0) is 37.5. The van der Waals surface area contributed by atoms with Crippen LogP contribution in [-0.4, -0.2) is 63.2 Å². The molecule has 4 rings (SSSR count). The monoisotopic (exact) mass is 699 g/mol. The van der Waals surface area contributed by atoms with Gasteiger partial charge in [-0.05, 0) is 109 Å². The first-order chi connectivity index (χ1) is 23.9. The number of aryl methyl sites for hydroxylation is 2. The van der Waals surface area contributed by atoms with Gasteiger partial charge >= 0.3 is 12.1 Å². The maximum atomic E-state index is 15.0. The zero-order valence-electron chi connectivity index (χ0n) is 31.1. The van der Waals surface area contributed by atoms with Gasteiger partial charge in [0.1, 0.15) is 35.1 Å². The number of benzene rings is 3. The van der Waals surface area contributed by atoms with Crippen LogP contribution in [0.15, 0.2) is 72.8 Å². The lowest BCUT2D eigenvalue weighted by atomic mass is 9.86. The Labute approximate surface area is 301 Å². The number of phenolic OH excluding ortho intramolecular Hbond substituents is 1. The summed E-state index contributed by atoms with van der Waals surface area (Å²) in [5.74, 6) is -1.51. The Morgan fingerprint density at radius 3 is 1.94 bits per heavy atom. The summed E-state index contributed by atoms with van der Waals surface area (Å²) in [6.45, 7) is 14.3. The van der Waals surface area contributed by atoms with E-state index in [0.717, 1.165) is 23.1 Å². The molecule has 0 saturated heterocycles. The van der Waals surface area contributed by atoms with E-state index in [-0.39, 0.29) is 24.6 Å². The Balaban J connectivity index is 1.80. The third-order valence-electron chi connectivity index (χ3n) is 8.63. The SMILES string of the molecule is Cc1ccc(C)c(C(C(=O)NC(Cc2ccccc2)C(=O)OC(C)(C)C)N(C(=O)C(Cc2ccc(O)cc2)NC(=O)OC(C)(C)C)C2CCC2)c1. The van der Waals surface area contributed by atoms with Crippen LogP contribution in [0.25, 0.3) is 0 Å². The highest BCUT2D eigenvalue weighted by Crippen LogP contribution is 2.36. The van der Waals surface area contributed by atoms with Gasteiger partial charge in [0.2, 0.25) is 11.8 Å². The molecule has 1 fully saturated rings. The molecule has 3 unspecified atom stereocenters. The van der Waals surface area contributed by atoms with E-state index in [4.69, 9.17) is 9.47 Å². The smallest absolute Gasteiger partial charge is 0.408 e. The van der Waals surface area contributed by atoms with Crippen molar-refractivity contribution in [1.29, 1.82) is 0 Å². The molecule has 3 aromatic rings. The number of esters is 1. The van der Waals surface area contributed by atoms with E-state index in [0.29, 0.717) is 24.0 Å². The molecule has 1 saturated carbocycles. The number of nitrogens with zero attached hydrogens (tertiary/aromatic N) is 1. The van der Waals surface area contributed by atoms with Gasteiger partial charge < -0.3 is 30.1 Å². The first-order valence-corrected chi connectivity index (χ1v) is 17.6. The molecule has 3 amide bonds. The third kappa shape index (κ3) is 11.3. The molecule has 0 aliphatic heterocycles. The second-order valence-corrected chi connectivity index (χ2v) is 15.4. The van der Waals surface area contributed by atoms with Gasteiger partial charge in [-0.2, -0.15) is 0 Å². The predicted octanol–water partition coefficient (Wildman–Crippen LogP) is 6.64. The summed E-state index contributed by atoms with van der Waals surface area (Å²) >= 11 is 0. The number of aromatic hydroxyl groups is 1. The molecule has 3 N–H and O–H groups in total. The molecule has 0 spiro atoms. The first kappa shape index (κ1) is 38.9. The quantitative estimate of drug-likeness (QED) is 0.181. The van der Waals surface area contributed by atoms with Crippen LogP contribution >= 0.6 is 0 Å². The van der Waals surface area contributed by atoms with Crippen LogP contribution in [0.1, 0.15) is 94.7 Å². The van der Waals surface area contributed by atoms with Gasteiger partial charge in [-0.25, -0.2) is 9.59 Å². The van der Waals surface area contributed by atoms with Gasteiger partial charge in [-0.15, -0.1) is 0 Å². The molecule has 10 heteroatoms. The maximum absolute atomic E-state index is 15.0. The summed E-state index contributed by atoms with van der Waals surface area (Å²) in [7, 11) is 0. The van der Waals surface area contributed by atoms with Crippen molar-refractivity contribution in [2.24, 2.45) is 0 Å². The minimum absolute atomic E-state index is 0.0690. The van der Waals surface area contributed by atoms with Gasteiger partial charge in [0, 0.05) is 18.9 Å². The second-order valence-electron chi connectivity index (χ2n) is 15.4. The summed E-state index contributed by atoms with van der Waals surface area (Å²) in [5, 5.41) is 15.7. The van der Waals surface area contributed by atoms with Crippen LogP contribution < -0.4 is 10.6 Å². The van der Waals surface area contributed by atoms with E-state index in [1.807, 2.05) is 62.4 Å². The molecular weight excluding hydrogens is 646 g/mol. The molecule has 0 aromatic heterocycles. The highest BCUT2D eigenvalue weighted by molar-refractivity contribution is 5.94. The number of carbonyl (C=O) groups is 4. The Hall–Kier alpha value is -4.86. The number of hydrogen-bond donors (Lipinski definition) is 3. The average Bonchev–Trinajstić information content (AvgIpc) is 3.00. The van der Waals surface area contributed by atoms with E-state index in [1.54, 1.807) is 58.6 Å². The van der Waals surface area contributed by atoms with E-state index in [9.17, 15) is 24.3 Å². The Morgan fingerprint density at radius 2 is 1.37 bits per heavy atom. The zero-order valence-corrected chi connectivity index (χ0v) is 31.1. The number of rotatable bonds is 12. The minimum atomic E-state index is -1.13. The van der Waals surface area contributed by atoms with Crippen molar-refractivity contribution < 1.29 is 33.8 Å². The van der Waals surface area contributed by atoms with Crippen molar-refractivity contribution in [3.63, 3.8) is 0 Å². The van der Waals surface area contributed by atoms with Crippen molar-refractivity contribution in [3.8, 4) is 5.75 Å². The number of nitrogens with one attached hydrogen (secondary N) is 2. The molecule has 10 nitrogen and oxygen atoms in total. The number of hydrogen-bond acceptors (Lipinski definition) is 7. The van der Waals surface area contributed by atoms with Crippen molar-refractivity contribution in [2.75, 3.05) is 0 Å². The summed E-state index contributed by atoms with van der Waals surface area (Å²) < 4.78 is 11.3. The van der Waals surface area contributed by atoms with E-state index in [2.05, 4.69) is 10.6 Å². The van der Waals surface area contributed by atoms with Crippen molar-refractivity contribution in [1.82, 2.24) is 15.5 Å². The standard InChI is InChI=1S/C41H53N3O7/c1-26-17-18-27(2)32(23-26)35(36(46)42-34(38(48)50-40(3,4)5)25-28-13-10-9-11-14-28)44(30-15-12-16-30)37(47)33(43-39(49)51-41(6,7)8)24-29-19-21-31(45)22-20-29/h9-11,13-14,17-23,30,33-35,45H,12,15-16,24-25H2,1-8H3,(H,42,46)(H,43,49). The Bertz CT molecular complexity index is 1670. The Morgan fingerprint density at radius 1 is 0.784 bits per heavy atom. The number of ether oxygens (including phenoxy) is 2. The molecule has 51 heavy (non-hydrogen) atoms. The van der Waals surface area contributed by atoms with Crippen LogP contribution in [0.2, 0.25) is 0 Å². The maximum Gasteiger partial charge on any atom is 0.408 e. The van der Waals surface area contributed by atoms with Gasteiger partial charge in [-0.3, -0.25) is 9.59 Å². The molecule has 0 radical (unpaired) electrons. The largest absolute Gasteiger partial charge is 0.508 e. The van der Waals surface area contributed by atoms with E-state index < -0.39 is 53.2 Å². The van der Waals surface area contributed by atoms with E-state index in [1.165, 1.54) is 12.1 Å². The first-order valence-electron chi connectivity index (χ1n) is 17.6. The lowest BCUT2D eigenvalue weighted by molar-refractivity contribution is -0.159. The third-order valence-corrected chi connectivity index (χ3v) is 8.63. The summed E-state index contributed by atoms with van der Waals surface area (Å²) in [6.07, 6.45) is 1.69. The van der Waals surface area contributed by atoms with Gasteiger partial charge in [0.15, 0.2) is 0 Å². The summed E-state index contributed by atoms with van der Waals surface area (Å²) in [6, 6.07) is 17.9. The predicted molar refractivity (Wildman–Crippen MR) is 196 cm³/mol. The topological polar surface area (TPSA) is 134 Å². The number of alkyl carbamates (subject to hydrolysis) is 1. The van der Waals surface area contributed by atoms with Crippen LogP contribution in [0, 0.1) is 13.8 Å². The molecule has 0 heterocycles. The number of amides is 3. The molecule has 1 aliphatic carbocycles. The molecule has 1 aliphatic rings. The fourth-order valence-electron chi connectivity index (χ4n) is 6.02. The fourth-order valence-corrected chi connectivity index (χ4v) is 6.02. The van der Waals surface area contributed by atoms with Gasteiger partial charge in [0.05, 0.1) is 0 Å². The summed E-state index contributed by atoms with van der Waals surface area (Å²) in [5.41, 5.74) is 2.22. The minimum Gasteiger partial charge on any atom is -0.508 e. The Kier molecular flexibility index (Phi) is 12.6. The molecule has 3 aromatic carbocycles. The number of phenols is 1. The molecular formula is C41H53N3O7. The van der Waals surface area contributed by atoms with Crippen LogP contribution in [0.4, 0.5) is 4.79 Å². The lowest BCUT2D eigenvalue weighted by Crippen LogP contribution is -2.59. The second kappa shape index (κ2) is 16.4.